The van der Waals surface area contributed by atoms with Gasteiger partial charge in [-0.05, 0) is 12.1 Å². The number of hydrogen-bond acceptors (Lipinski definition) is 4. The van der Waals surface area contributed by atoms with E-state index < -0.39 is 0 Å². The number of anilines is 2. The van der Waals surface area contributed by atoms with Gasteiger partial charge in [0.15, 0.2) is 0 Å². The summed E-state index contributed by atoms with van der Waals surface area (Å²) in [6.45, 7) is 0. The molecular formula is C6H8N2S2. The lowest BCUT2D eigenvalue weighted by Crippen LogP contribution is -1.91. The molecule has 0 heterocycles. The highest BCUT2D eigenvalue weighted by atomic mass is 32.1. The second-order valence-electron chi connectivity index (χ2n) is 1.98. The lowest BCUT2D eigenvalue weighted by Gasteiger charge is -2.02. The van der Waals surface area contributed by atoms with Gasteiger partial charge in [-0.2, -0.15) is 0 Å². The molecule has 0 spiro atoms. The molecule has 54 valence electrons. The molecule has 0 fully saturated rings. The van der Waals surface area contributed by atoms with E-state index in [2.05, 4.69) is 25.3 Å². The number of nitrogens with two attached hydrogens (primary N) is 2. The summed E-state index contributed by atoms with van der Waals surface area (Å²) in [5.41, 5.74) is 12.2. The fraction of sp³-hybridized carbons (Fsp3) is 0. The molecule has 0 aliphatic heterocycles. The van der Waals surface area contributed by atoms with Crippen LogP contribution < -0.4 is 11.5 Å². The quantitative estimate of drug-likeness (QED) is 0.353. The van der Waals surface area contributed by atoms with Gasteiger partial charge >= 0.3 is 0 Å². The van der Waals surface area contributed by atoms with Crippen LogP contribution in [0.4, 0.5) is 11.4 Å². The molecule has 0 radical (unpaired) electrons. The molecule has 0 aliphatic rings. The van der Waals surface area contributed by atoms with Crippen molar-refractivity contribution in [3.05, 3.63) is 12.1 Å². The van der Waals surface area contributed by atoms with E-state index in [0.29, 0.717) is 21.2 Å². The van der Waals surface area contributed by atoms with E-state index in [1.165, 1.54) is 0 Å². The number of nitrogen functional groups attached to an aromatic ring is 2. The molecule has 0 bridgehead atoms. The zero-order valence-corrected chi connectivity index (χ0v) is 6.99. The third kappa shape index (κ3) is 1.33. The molecule has 10 heavy (non-hydrogen) atoms. The van der Waals surface area contributed by atoms with Crippen molar-refractivity contribution < 1.29 is 0 Å². The molecule has 2 nitrogen and oxygen atoms in total. The van der Waals surface area contributed by atoms with Gasteiger partial charge in [0.1, 0.15) is 0 Å². The van der Waals surface area contributed by atoms with E-state index in [4.69, 9.17) is 11.5 Å². The Morgan fingerprint density at radius 3 is 2.20 bits per heavy atom. The van der Waals surface area contributed by atoms with Crippen LogP contribution >= 0.6 is 25.3 Å². The molecule has 4 heteroatoms. The molecule has 0 amide bonds. The van der Waals surface area contributed by atoms with E-state index in [9.17, 15) is 0 Å². The average molecular weight is 172 g/mol. The Kier molecular flexibility index (Phi) is 2.01. The summed E-state index contributed by atoms with van der Waals surface area (Å²) in [6, 6.07) is 3.36. The van der Waals surface area contributed by atoms with E-state index in [-0.39, 0.29) is 0 Å². The maximum Gasteiger partial charge on any atom is 0.0481 e. The summed E-state index contributed by atoms with van der Waals surface area (Å²) in [7, 11) is 0. The standard InChI is InChI=1S/C6H8N2S2/c7-3-1-4(8)6(10)5(9)2-3/h1-2,9-10H,7-8H2. The summed E-state index contributed by atoms with van der Waals surface area (Å²) in [4.78, 5) is 1.39. The maximum absolute atomic E-state index is 5.52. The van der Waals surface area contributed by atoms with Gasteiger partial charge in [0.25, 0.3) is 0 Å². The first-order valence-electron chi connectivity index (χ1n) is 2.68. The van der Waals surface area contributed by atoms with Crippen molar-refractivity contribution in [1.82, 2.24) is 0 Å². The first-order valence-corrected chi connectivity index (χ1v) is 3.57. The summed E-state index contributed by atoms with van der Waals surface area (Å²) < 4.78 is 0. The largest absolute Gasteiger partial charge is 0.399 e. The van der Waals surface area contributed by atoms with Gasteiger partial charge < -0.3 is 11.5 Å². The molecule has 0 saturated carbocycles. The van der Waals surface area contributed by atoms with Gasteiger partial charge in [-0.25, -0.2) is 0 Å². The van der Waals surface area contributed by atoms with Crippen molar-refractivity contribution in [3.63, 3.8) is 0 Å². The Bertz CT molecular complexity index is 237. The van der Waals surface area contributed by atoms with Crippen LogP contribution in [0.15, 0.2) is 21.9 Å². The number of hydrogen-bond donors (Lipinski definition) is 4. The molecule has 1 aromatic rings. The predicted octanol–water partition coefficient (Wildman–Crippen LogP) is 1.43. The average Bonchev–Trinajstić information content (AvgIpc) is 1.82. The van der Waals surface area contributed by atoms with E-state index >= 15 is 0 Å². The van der Waals surface area contributed by atoms with Crippen LogP contribution in [0.1, 0.15) is 0 Å². The van der Waals surface area contributed by atoms with Gasteiger partial charge in [0.05, 0.1) is 0 Å². The minimum atomic E-state index is 0.563. The second kappa shape index (κ2) is 2.64. The molecule has 4 N–H and O–H groups in total. The van der Waals surface area contributed by atoms with Gasteiger partial charge in [-0.15, -0.1) is 25.3 Å². The maximum atomic E-state index is 5.52. The second-order valence-corrected chi connectivity index (χ2v) is 2.91. The Morgan fingerprint density at radius 1 is 1.10 bits per heavy atom. The number of benzene rings is 1. The Morgan fingerprint density at radius 2 is 1.70 bits per heavy atom. The van der Waals surface area contributed by atoms with Crippen LogP contribution in [-0.2, 0) is 0 Å². The molecule has 1 aromatic carbocycles. The van der Waals surface area contributed by atoms with Gasteiger partial charge in [-0.1, -0.05) is 0 Å². The Hall–Kier alpha value is -0.480. The lowest BCUT2D eigenvalue weighted by molar-refractivity contribution is 1.28. The lowest BCUT2D eigenvalue weighted by atomic mass is 10.3. The first kappa shape index (κ1) is 7.63. The zero-order valence-electron chi connectivity index (χ0n) is 5.20. The van der Waals surface area contributed by atoms with E-state index in [0.717, 1.165) is 0 Å². The van der Waals surface area contributed by atoms with Gasteiger partial charge in [0, 0.05) is 21.2 Å². The fourth-order valence-corrected chi connectivity index (χ4v) is 1.07. The minimum absolute atomic E-state index is 0.563. The highest BCUT2D eigenvalue weighted by Gasteiger charge is 1.99. The molecular weight excluding hydrogens is 164 g/mol. The summed E-state index contributed by atoms with van der Waals surface area (Å²) >= 11 is 8.20. The third-order valence-electron chi connectivity index (χ3n) is 1.14. The van der Waals surface area contributed by atoms with E-state index in [1.807, 2.05) is 0 Å². The molecule has 0 aromatic heterocycles. The van der Waals surface area contributed by atoms with Crippen LogP contribution in [-0.4, -0.2) is 0 Å². The topological polar surface area (TPSA) is 52.0 Å². The number of thiol groups is 2. The number of rotatable bonds is 0. The SMILES string of the molecule is Nc1cc(N)c(S)c(S)c1. The predicted molar refractivity (Wildman–Crippen MR) is 49.8 cm³/mol. The van der Waals surface area contributed by atoms with Crippen molar-refractivity contribution in [3.8, 4) is 0 Å². The smallest absolute Gasteiger partial charge is 0.0481 e. The van der Waals surface area contributed by atoms with Crippen LogP contribution in [0.25, 0.3) is 0 Å². The molecule has 0 saturated heterocycles. The van der Waals surface area contributed by atoms with Crippen molar-refractivity contribution >= 4 is 36.6 Å². The van der Waals surface area contributed by atoms with Crippen molar-refractivity contribution in [2.75, 3.05) is 11.5 Å². The van der Waals surface area contributed by atoms with Crippen molar-refractivity contribution in [2.24, 2.45) is 0 Å². The monoisotopic (exact) mass is 172 g/mol. The fourth-order valence-electron chi connectivity index (χ4n) is 0.664. The summed E-state index contributed by atoms with van der Waals surface area (Å²) in [5, 5.41) is 0. The van der Waals surface area contributed by atoms with Gasteiger partial charge in [-0.3, -0.25) is 0 Å². The molecule has 0 atom stereocenters. The first-order chi connectivity index (χ1) is 4.61. The Labute approximate surface area is 70.4 Å². The van der Waals surface area contributed by atoms with Crippen LogP contribution in [0, 0.1) is 0 Å². The Balaban J connectivity index is 3.31. The summed E-state index contributed by atoms with van der Waals surface area (Å²) in [5.74, 6) is 0. The van der Waals surface area contributed by atoms with Crippen LogP contribution in [0.2, 0.25) is 0 Å². The van der Waals surface area contributed by atoms with Crippen LogP contribution in [0.5, 0.6) is 0 Å². The highest BCUT2D eigenvalue weighted by Crippen LogP contribution is 2.27. The molecule has 0 unspecified atom stereocenters. The minimum Gasteiger partial charge on any atom is -0.399 e. The van der Waals surface area contributed by atoms with Crippen LogP contribution in [0.3, 0.4) is 0 Å². The summed E-state index contributed by atoms with van der Waals surface area (Å²) in [6.07, 6.45) is 0. The van der Waals surface area contributed by atoms with E-state index in [1.54, 1.807) is 12.1 Å². The van der Waals surface area contributed by atoms with Crippen molar-refractivity contribution in [2.45, 2.75) is 9.79 Å². The highest BCUT2D eigenvalue weighted by molar-refractivity contribution is 7.83. The zero-order chi connectivity index (χ0) is 7.72. The normalized spacial score (nSPS) is 9.80. The van der Waals surface area contributed by atoms with Gasteiger partial charge in [0.2, 0.25) is 0 Å². The molecule has 1 rings (SSSR count). The third-order valence-corrected chi connectivity index (χ3v) is 2.17. The molecule has 0 aliphatic carbocycles. The van der Waals surface area contributed by atoms with Crippen molar-refractivity contribution in [1.29, 1.82) is 0 Å².